The molecule has 1 rings (SSSR count). The van der Waals surface area contributed by atoms with E-state index in [2.05, 4.69) is 9.58 Å². The van der Waals surface area contributed by atoms with Gasteiger partial charge in [0.25, 0.3) is 0 Å². The molecule has 3 heteroatoms. The van der Waals surface area contributed by atoms with Gasteiger partial charge in [0.15, 0.2) is 0 Å². The standard InChI is InChI=1S/C10H15NO2/c1-11-7-8-3-5-9(6-4-8)10(12)13-2/h8-9H,3-7H2,2H3/t8-,9-. The summed E-state index contributed by atoms with van der Waals surface area (Å²) in [4.78, 5) is 14.5. The third-order valence-electron chi connectivity index (χ3n) is 2.73. The molecule has 0 aliphatic heterocycles. The van der Waals surface area contributed by atoms with E-state index in [9.17, 15) is 4.79 Å². The molecule has 0 aromatic heterocycles. The average molecular weight is 181 g/mol. The Morgan fingerprint density at radius 2 is 2.08 bits per heavy atom. The van der Waals surface area contributed by atoms with Crippen molar-refractivity contribution in [2.45, 2.75) is 25.7 Å². The van der Waals surface area contributed by atoms with Crippen molar-refractivity contribution in [1.82, 2.24) is 0 Å². The van der Waals surface area contributed by atoms with Gasteiger partial charge in [-0.1, -0.05) is 0 Å². The highest BCUT2D eigenvalue weighted by atomic mass is 16.5. The van der Waals surface area contributed by atoms with Gasteiger partial charge in [0.05, 0.1) is 13.0 Å². The lowest BCUT2D eigenvalue weighted by Gasteiger charge is -2.23. The Morgan fingerprint density at radius 1 is 1.46 bits per heavy atom. The highest BCUT2D eigenvalue weighted by Crippen LogP contribution is 2.29. The minimum absolute atomic E-state index is 0.0822. The molecule has 0 spiro atoms. The van der Waals surface area contributed by atoms with E-state index in [-0.39, 0.29) is 11.9 Å². The molecule has 0 atom stereocenters. The van der Waals surface area contributed by atoms with Crippen molar-refractivity contribution < 1.29 is 9.53 Å². The van der Waals surface area contributed by atoms with Crippen LogP contribution in [0.3, 0.4) is 0 Å². The van der Waals surface area contributed by atoms with E-state index in [1.807, 2.05) is 0 Å². The van der Waals surface area contributed by atoms with Gasteiger partial charge < -0.3 is 9.58 Å². The highest BCUT2D eigenvalue weighted by molar-refractivity contribution is 5.72. The number of esters is 1. The molecular formula is C10H15NO2. The number of carbonyl (C=O) groups is 1. The summed E-state index contributed by atoms with van der Waals surface area (Å²) in [5, 5.41) is 0. The summed E-state index contributed by atoms with van der Waals surface area (Å²) in [6.45, 7) is 7.36. The first-order valence-electron chi connectivity index (χ1n) is 4.69. The molecule has 13 heavy (non-hydrogen) atoms. The first-order chi connectivity index (χ1) is 6.27. The van der Waals surface area contributed by atoms with E-state index in [0.29, 0.717) is 12.5 Å². The Labute approximate surface area is 78.9 Å². The van der Waals surface area contributed by atoms with Crippen molar-refractivity contribution in [2.75, 3.05) is 13.7 Å². The highest BCUT2D eigenvalue weighted by Gasteiger charge is 2.27. The summed E-state index contributed by atoms with van der Waals surface area (Å²) in [5.74, 6) is 0.520. The van der Waals surface area contributed by atoms with Gasteiger partial charge in [-0.2, -0.15) is 0 Å². The van der Waals surface area contributed by atoms with Crippen molar-refractivity contribution in [3.8, 4) is 0 Å². The van der Waals surface area contributed by atoms with Gasteiger partial charge in [0.2, 0.25) is 6.54 Å². The Kier molecular flexibility index (Phi) is 3.75. The molecule has 0 bridgehead atoms. The normalized spacial score (nSPS) is 27.7. The number of rotatable bonds is 2. The Morgan fingerprint density at radius 3 is 2.54 bits per heavy atom. The largest absolute Gasteiger partial charge is 0.469 e. The Hall–Kier alpha value is -1.04. The average Bonchev–Trinajstić information content (AvgIpc) is 2.18. The SMILES string of the molecule is [C-]#[N+]C[C@H]1CC[C@H](C(=O)OC)CC1. The van der Waals surface area contributed by atoms with Crippen molar-refractivity contribution in [1.29, 1.82) is 0 Å². The van der Waals surface area contributed by atoms with Crippen LogP contribution in [-0.2, 0) is 9.53 Å². The smallest absolute Gasteiger partial charge is 0.308 e. The first kappa shape index (κ1) is 10.0. The van der Waals surface area contributed by atoms with Crippen LogP contribution in [0.5, 0.6) is 0 Å². The van der Waals surface area contributed by atoms with Gasteiger partial charge in [-0.25, -0.2) is 6.57 Å². The number of ether oxygens (including phenoxy) is 1. The Bertz CT molecular complexity index is 211. The van der Waals surface area contributed by atoms with E-state index in [4.69, 9.17) is 6.57 Å². The van der Waals surface area contributed by atoms with E-state index < -0.39 is 0 Å². The molecule has 3 nitrogen and oxygen atoms in total. The molecule has 0 aromatic carbocycles. The molecule has 1 saturated carbocycles. The van der Waals surface area contributed by atoms with Crippen LogP contribution in [0.4, 0.5) is 0 Å². The first-order valence-corrected chi connectivity index (χ1v) is 4.69. The van der Waals surface area contributed by atoms with Crippen molar-refractivity contribution in [3.63, 3.8) is 0 Å². The predicted octanol–water partition coefficient (Wildman–Crippen LogP) is 1.89. The van der Waals surface area contributed by atoms with E-state index in [0.717, 1.165) is 25.7 Å². The molecule has 0 aromatic rings. The molecular weight excluding hydrogens is 166 g/mol. The predicted molar refractivity (Wildman–Crippen MR) is 48.9 cm³/mol. The lowest BCUT2D eigenvalue weighted by molar-refractivity contribution is -0.146. The molecule has 0 saturated heterocycles. The van der Waals surface area contributed by atoms with Crippen LogP contribution in [0.2, 0.25) is 0 Å². The topological polar surface area (TPSA) is 30.7 Å². The minimum atomic E-state index is -0.0822. The van der Waals surface area contributed by atoms with Crippen LogP contribution in [0.25, 0.3) is 4.85 Å². The second kappa shape index (κ2) is 4.86. The molecule has 0 unspecified atom stereocenters. The van der Waals surface area contributed by atoms with Gasteiger partial charge in [-0.3, -0.25) is 4.79 Å². The lowest BCUT2D eigenvalue weighted by Crippen LogP contribution is -2.23. The fourth-order valence-electron chi connectivity index (χ4n) is 1.88. The summed E-state index contributed by atoms with van der Waals surface area (Å²) < 4.78 is 4.69. The quantitative estimate of drug-likeness (QED) is 0.481. The fraction of sp³-hybridized carbons (Fsp3) is 0.800. The van der Waals surface area contributed by atoms with Crippen molar-refractivity contribution >= 4 is 5.97 Å². The van der Waals surface area contributed by atoms with Crippen LogP contribution >= 0.6 is 0 Å². The third-order valence-corrected chi connectivity index (χ3v) is 2.73. The van der Waals surface area contributed by atoms with Crippen molar-refractivity contribution in [3.05, 3.63) is 11.4 Å². The van der Waals surface area contributed by atoms with E-state index >= 15 is 0 Å². The number of carbonyl (C=O) groups excluding carboxylic acids is 1. The van der Waals surface area contributed by atoms with Crippen LogP contribution < -0.4 is 0 Å². The molecule has 0 amide bonds. The number of hydrogen-bond donors (Lipinski definition) is 0. The monoisotopic (exact) mass is 181 g/mol. The number of hydrogen-bond acceptors (Lipinski definition) is 2. The zero-order chi connectivity index (χ0) is 9.68. The zero-order valence-corrected chi connectivity index (χ0v) is 7.95. The molecule has 72 valence electrons. The number of nitrogens with zero attached hydrogens (tertiary/aromatic N) is 1. The lowest BCUT2D eigenvalue weighted by atomic mass is 9.82. The molecule has 0 N–H and O–H groups in total. The van der Waals surface area contributed by atoms with Crippen LogP contribution in [0.15, 0.2) is 0 Å². The van der Waals surface area contributed by atoms with E-state index in [1.165, 1.54) is 7.11 Å². The van der Waals surface area contributed by atoms with Gasteiger partial charge in [0.1, 0.15) is 0 Å². The fourth-order valence-corrected chi connectivity index (χ4v) is 1.88. The summed E-state index contributed by atoms with van der Waals surface area (Å²) in [7, 11) is 1.44. The van der Waals surface area contributed by atoms with Crippen LogP contribution in [-0.4, -0.2) is 19.6 Å². The van der Waals surface area contributed by atoms with Gasteiger partial charge in [0, 0.05) is 5.92 Å². The maximum atomic E-state index is 11.1. The van der Waals surface area contributed by atoms with Gasteiger partial charge in [-0.15, -0.1) is 0 Å². The molecule has 0 heterocycles. The Balaban J connectivity index is 2.31. The van der Waals surface area contributed by atoms with Gasteiger partial charge in [-0.05, 0) is 25.7 Å². The van der Waals surface area contributed by atoms with Crippen molar-refractivity contribution in [2.24, 2.45) is 11.8 Å². The second-order valence-corrected chi connectivity index (χ2v) is 3.58. The summed E-state index contributed by atoms with van der Waals surface area (Å²) in [6, 6.07) is 0. The second-order valence-electron chi connectivity index (χ2n) is 3.58. The van der Waals surface area contributed by atoms with Crippen LogP contribution in [0, 0.1) is 18.4 Å². The zero-order valence-electron chi connectivity index (χ0n) is 7.95. The van der Waals surface area contributed by atoms with Gasteiger partial charge >= 0.3 is 5.97 Å². The minimum Gasteiger partial charge on any atom is -0.469 e. The molecule has 1 aliphatic carbocycles. The maximum absolute atomic E-state index is 11.1. The third kappa shape index (κ3) is 2.73. The van der Waals surface area contributed by atoms with Crippen LogP contribution in [0.1, 0.15) is 25.7 Å². The summed E-state index contributed by atoms with van der Waals surface area (Å²) in [5.41, 5.74) is 0. The van der Waals surface area contributed by atoms with E-state index in [1.54, 1.807) is 0 Å². The number of methoxy groups -OCH3 is 1. The molecule has 0 radical (unpaired) electrons. The summed E-state index contributed by atoms with van der Waals surface area (Å²) in [6.07, 6.45) is 3.80. The maximum Gasteiger partial charge on any atom is 0.308 e. The molecule has 1 aliphatic rings. The molecule has 1 fully saturated rings. The summed E-state index contributed by atoms with van der Waals surface area (Å²) >= 11 is 0.